The molecule has 1 aliphatic rings. The van der Waals surface area contributed by atoms with Crippen LogP contribution in [0.15, 0.2) is 0 Å². The minimum Gasteiger partial charge on any atom is -0.463 e. The van der Waals surface area contributed by atoms with Crippen molar-refractivity contribution in [2.45, 2.75) is 38.8 Å². The predicted octanol–water partition coefficient (Wildman–Crippen LogP) is 0.280. The van der Waals surface area contributed by atoms with Crippen molar-refractivity contribution in [2.75, 3.05) is 19.6 Å². The van der Waals surface area contributed by atoms with Gasteiger partial charge >= 0.3 is 5.97 Å². The van der Waals surface area contributed by atoms with Crippen LogP contribution in [-0.2, 0) is 9.53 Å². The van der Waals surface area contributed by atoms with Gasteiger partial charge in [0.25, 0.3) is 0 Å². The van der Waals surface area contributed by atoms with Gasteiger partial charge < -0.3 is 15.4 Å². The molecule has 14 heavy (non-hydrogen) atoms. The van der Waals surface area contributed by atoms with E-state index in [1.54, 1.807) is 0 Å². The van der Waals surface area contributed by atoms with E-state index >= 15 is 0 Å². The largest absolute Gasteiger partial charge is 0.463 e. The van der Waals surface area contributed by atoms with Crippen molar-refractivity contribution in [3.63, 3.8) is 0 Å². The van der Waals surface area contributed by atoms with Crippen LogP contribution in [0.5, 0.6) is 0 Å². The number of ether oxygens (including phenoxy) is 1. The lowest BCUT2D eigenvalue weighted by molar-refractivity contribution is -0.147. The van der Waals surface area contributed by atoms with Gasteiger partial charge in [0.2, 0.25) is 0 Å². The van der Waals surface area contributed by atoms with E-state index in [4.69, 9.17) is 4.74 Å². The quantitative estimate of drug-likeness (QED) is 0.640. The normalized spacial score (nSPS) is 22.4. The fourth-order valence-corrected chi connectivity index (χ4v) is 1.53. The molecule has 0 radical (unpaired) electrons. The van der Waals surface area contributed by atoms with Gasteiger partial charge in [-0.25, -0.2) is 0 Å². The van der Waals surface area contributed by atoms with E-state index in [0.717, 1.165) is 26.1 Å². The standard InChI is InChI=1S/C10H20N2O2/c1-8(2)14-10(13)4-3-9-7-11-5-6-12-9/h8-9,11-12H,3-7H2,1-2H3. The van der Waals surface area contributed by atoms with Crippen molar-refractivity contribution in [3.8, 4) is 0 Å². The summed E-state index contributed by atoms with van der Waals surface area (Å²) in [4.78, 5) is 11.2. The summed E-state index contributed by atoms with van der Waals surface area (Å²) in [6, 6.07) is 0.420. The van der Waals surface area contributed by atoms with Crippen molar-refractivity contribution in [1.29, 1.82) is 0 Å². The molecule has 4 nitrogen and oxygen atoms in total. The summed E-state index contributed by atoms with van der Waals surface area (Å²) in [6.45, 7) is 6.71. The Morgan fingerprint density at radius 3 is 2.86 bits per heavy atom. The third-order valence-electron chi connectivity index (χ3n) is 2.19. The van der Waals surface area contributed by atoms with Crippen molar-refractivity contribution in [3.05, 3.63) is 0 Å². The molecule has 0 aromatic rings. The van der Waals surface area contributed by atoms with Gasteiger partial charge in [-0.1, -0.05) is 0 Å². The molecule has 1 saturated heterocycles. The van der Waals surface area contributed by atoms with Gasteiger partial charge in [-0.2, -0.15) is 0 Å². The van der Waals surface area contributed by atoms with Crippen molar-refractivity contribution in [2.24, 2.45) is 0 Å². The van der Waals surface area contributed by atoms with Crippen LogP contribution in [0.25, 0.3) is 0 Å². The smallest absolute Gasteiger partial charge is 0.306 e. The SMILES string of the molecule is CC(C)OC(=O)CCC1CNCCN1. The van der Waals surface area contributed by atoms with E-state index in [2.05, 4.69) is 10.6 Å². The minimum absolute atomic E-state index is 0.0000555. The predicted molar refractivity (Wildman–Crippen MR) is 55.1 cm³/mol. The zero-order valence-electron chi connectivity index (χ0n) is 9.01. The Bertz CT molecular complexity index is 177. The van der Waals surface area contributed by atoms with Crippen LogP contribution in [0.1, 0.15) is 26.7 Å². The Morgan fingerprint density at radius 1 is 1.50 bits per heavy atom. The van der Waals surface area contributed by atoms with E-state index in [1.165, 1.54) is 0 Å². The van der Waals surface area contributed by atoms with Crippen LogP contribution in [0.4, 0.5) is 0 Å². The molecule has 0 aromatic heterocycles. The molecule has 1 unspecified atom stereocenters. The molecule has 1 atom stereocenters. The monoisotopic (exact) mass is 200 g/mol. The average molecular weight is 200 g/mol. The molecule has 0 spiro atoms. The molecule has 0 bridgehead atoms. The maximum atomic E-state index is 11.2. The molecule has 0 saturated carbocycles. The van der Waals surface area contributed by atoms with E-state index in [1.807, 2.05) is 13.8 Å². The molecule has 0 aliphatic carbocycles. The van der Waals surface area contributed by atoms with Crippen LogP contribution in [0, 0.1) is 0 Å². The molecule has 0 amide bonds. The van der Waals surface area contributed by atoms with Gasteiger partial charge in [0.05, 0.1) is 6.10 Å². The first-order valence-corrected chi connectivity index (χ1v) is 5.32. The van der Waals surface area contributed by atoms with Crippen molar-refractivity contribution in [1.82, 2.24) is 10.6 Å². The molecular weight excluding hydrogens is 180 g/mol. The molecule has 0 aromatic carbocycles. The van der Waals surface area contributed by atoms with Crippen LogP contribution in [0.2, 0.25) is 0 Å². The summed E-state index contributed by atoms with van der Waals surface area (Å²) in [5.74, 6) is -0.0904. The van der Waals surface area contributed by atoms with Crippen LogP contribution < -0.4 is 10.6 Å². The topological polar surface area (TPSA) is 50.4 Å². The number of piperazine rings is 1. The average Bonchev–Trinajstić information content (AvgIpc) is 2.15. The van der Waals surface area contributed by atoms with E-state index in [-0.39, 0.29) is 12.1 Å². The Balaban J connectivity index is 2.09. The second-order valence-corrected chi connectivity index (χ2v) is 3.93. The van der Waals surface area contributed by atoms with Gasteiger partial charge in [0.15, 0.2) is 0 Å². The Kier molecular flexibility index (Phi) is 4.90. The fraction of sp³-hybridized carbons (Fsp3) is 0.900. The summed E-state index contributed by atoms with van der Waals surface area (Å²) in [6.07, 6.45) is 1.37. The van der Waals surface area contributed by atoms with E-state index in [0.29, 0.717) is 12.5 Å². The summed E-state index contributed by atoms with van der Waals surface area (Å²) in [7, 11) is 0. The Labute approximate surface area is 85.4 Å². The minimum atomic E-state index is -0.0904. The number of carbonyl (C=O) groups excluding carboxylic acids is 1. The molecule has 2 N–H and O–H groups in total. The van der Waals surface area contributed by atoms with E-state index < -0.39 is 0 Å². The number of rotatable bonds is 4. The molecular formula is C10H20N2O2. The highest BCUT2D eigenvalue weighted by Gasteiger charge is 2.14. The van der Waals surface area contributed by atoms with Crippen LogP contribution in [0.3, 0.4) is 0 Å². The number of esters is 1. The molecule has 1 fully saturated rings. The van der Waals surface area contributed by atoms with Crippen molar-refractivity contribution >= 4 is 5.97 Å². The zero-order chi connectivity index (χ0) is 10.4. The van der Waals surface area contributed by atoms with Crippen LogP contribution in [-0.4, -0.2) is 37.7 Å². The number of carbonyl (C=O) groups is 1. The Morgan fingerprint density at radius 2 is 2.29 bits per heavy atom. The first-order valence-electron chi connectivity index (χ1n) is 5.32. The molecule has 1 rings (SSSR count). The highest BCUT2D eigenvalue weighted by atomic mass is 16.5. The summed E-state index contributed by atoms with van der Waals surface area (Å²) < 4.78 is 5.05. The summed E-state index contributed by atoms with van der Waals surface area (Å²) >= 11 is 0. The molecule has 1 aliphatic heterocycles. The highest BCUT2D eigenvalue weighted by Crippen LogP contribution is 2.02. The second kappa shape index (κ2) is 5.98. The lowest BCUT2D eigenvalue weighted by Gasteiger charge is -2.24. The number of nitrogens with one attached hydrogen (secondary N) is 2. The van der Waals surface area contributed by atoms with Gasteiger partial charge in [0, 0.05) is 32.1 Å². The molecule has 82 valence electrons. The fourth-order valence-electron chi connectivity index (χ4n) is 1.53. The summed E-state index contributed by atoms with van der Waals surface area (Å²) in [5, 5.41) is 6.64. The summed E-state index contributed by atoms with van der Waals surface area (Å²) in [5.41, 5.74) is 0. The van der Waals surface area contributed by atoms with Crippen molar-refractivity contribution < 1.29 is 9.53 Å². The Hall–Kier alpha value is -0.610. The van der Waals surface area contributed by atoms with Gasteiger partial charge in [-0.3, -0.25) is 4.79 Å². The zero-order valence-corrected chi connectivity index (χ0v) is 9.01. The highest BCUT2D eigenvalue weighted by molar-refractivity contribution is 5.69. The third kappa shape index (κ3) is 4.58. The first-order chi connectivity index (χ1) is 6.68. The van der Waals surface area contributed by atoms with Gasteiger partial charge in [0.1, 0.15) is 0 Å². The number of hydrogen-bond donors (Lipinski definition) is 2. The molecule has 4 heteroatoms. The van der Waals surface area contributed by atoms with Gasteiger partial charge in [-0.05, 0) is 20.3 Å². The van der Waals surface area contributed by atoms with Gasteiger partial charge in [-0.15, -0.1) is 0 Å². The number of hydrogen-bond acceptors (Lipinski definition) is 4. The lowest BCUT2D eigenvalue weighted by Crippen LogP contribution is -2.48. The second-order valence-electron chi connectivity index (χ2n) is 3.93. The van der Waals surface area contributed by atoms with E-state index in [9.17, 15) is 4.79 Å². The maximum absolute atomic E-state index is 11.2. The lowest BCUT2D eigenvalue weighted by atomic mass is 10.1. The third-order valence-corrected chi connectivity index (χ3v) is 2.19. The molecule has 1 heterocycles. The maximum Gasteiger partial charge on any atom is 0.306 e. The first kappa shape index (κ1) is 11.5. The van der Waals surface area contributed by atoms with Crippen LogP contribution >= 0.6 is 0 Å².